The second kappa shape index (κ2) is 7.76. The van der Waals surface area contributed by atoms with Crippen LogP contribution in [0.15, 0.2) is 18.2 Å². The Labute approximate surface area is 127 Å². The molecule has 4 heteroatoms. The zero-order chi connectivity index (χ0) is 15.2. The highest BCUT2D eigenvalue weighted by atomic mass is 19.1. The highest BCUT2D eigenvalue weighted by molar-refractivity contribution is 5.54. The molecule has 0 heterocycles. The van der Waals surface area contributed by atoms with Gasteiger partial charge in [0.05, 0.1) is 6.61 Å². The van der Waals surface area contributed by atoms with Crippen LogP contribution in [-0.2, 0) is 11.3 Å². The molecular formula is C17H27FN2O. The van der Waals surface area contributed by atoms with Crippen molar-refractivity contribution in [1.82, 2.24) is 5.32 Å². The van der Waals surface area contributed by atoms with E-state index in [4.69, 9.17) is 4.74 Å². The largest absolute Gasteiger partial charge is 0.383 e. The molecule has 0 bridgehead atoms. The maximum atomic E-state index is 13.6. The normalized spacial score (nSPS) is 14.7. The molecule has 0 radical (unpaired) electrons. The SMILES string of the molecule is COCCNCc1cc(F)ccc1N(CC1CC1)C(C)C. The molecular weight excluding hydrogens is 267 g/mol. The molecule has 1 N–H and O–H groups in total. The Morgan fingerprint density at radius 2 is 2.14 bits per heavy atom. The Bertz CT molecular complexity index is 446. The van der Waals surface area contributed by atoms with Gasteiger partial charge in [0, 0.05) is 38.5 Å². The molecule has 0 aromatic heterocycles. The van der Waals surface area contributed by atoms with E-state index in [1.165, 1.54) is 12.8 Å². The predicted octanol–water partition coefficient (Wildman–Crippen LogP) is 3.19. The first-order chi connectivity index (χ1) is 10.1. The van der Waals surface area contributed by atoms with Crippen LogP contribution in [0.4, 0.5) is 10.1 Å². The fourth-order valence-corrected chi connectivity index (χ4v) is 2.54. The summed E-state index contributed by atoms with van der Waals surface area (Å²) in [4.78, 5) is 2.41. The minimum absolute atomic E-state index is 0.169. The molecule has 0 aliphatic heterocycles. The smallest absolute Gasteiger partial charge is 0.123 e. The van der Waals surface area contributed by atoms with Crippen molar-refractivity contribution in [3.8, 4) is 0 Å². The summed E-state index contributed by atoms with van der Waals surface area (Å²) in [6.45, 7) is 7.60. The number of ether oxygens (including phenoxy) is 1. The minimum Gasteiger partial charge on any atom is -0.383 e. The third-order valence-corrected chi connectivity index (χ3v) is 3.92. The van der Waals surface area contributed by atoms with Crippen LogP contribution in [0.3, 0.4) is 0 Å². The van der Waals surface area contributed by atoms with Gasteiger partial charge in [-0.25, -0.2) is 4.39 Å². The Balaban J connectivity index is 2.11. The molecule has 0 amide bonds. The number of anilines is 1. The quantitative estimate of drug-likeness (QED) is 0.708. The monoisotopic (exact) mass is 294 g/mol. The van der Waals surface area contributed by atoms with Crippen molar-refractivity contribution in [2.75, 3.05) is 31.7 Å². The van der Waals surface area contributed by atoms with Crippen LogP contribution in [0.2, 0.25) is 0 Å². The van der Waals surface area contributed by atoms with E-state index in [1.807, 2.05) is 6.07 Å². The van der Waals surface area contributed by atoms with Gasteiger partial charge in [0.25, 0.3) is 0 Å². The molecule has 2 rings (SSSR count). The first-order valence-corrected chi connectivity index (χ1v) is 7.86. The Kier molecular flexibility index (Phi) is 6.00. The van der Waals surface area contributed by atoms with Crippen molar-refractivity contribution in [1.29, 1.82) is 0 Å². The van der Waals surface area contributed by atoms with E-state index < -0.39 is 0 Å². The molecule has 1 aliphatic rings. The van der Waals surface area contributed by atoms with Crippen LogP contribution in [0.5, 0.6) is 0 Å². The average Bonchev–Trinajstić information content (AvgIpc) is 3.25. The second-order valence-electron chi connectivity index (χ2n) is 6.13. The lowest BCUT2D eigenvalue weighted by molar-refractivity contribution is 0.199. The van der Waals surface area contributed by atoms with Crippen molar-refractivity contribution < 1.29 is 9.13 Å². The van der Waals surface area contributed by atoms with Gasteiger partial charge in [-0.2, -0.15) is 0 Å². The van der Waals surface area contributed by atoms with Crippen molar-refractivity contribution in [2.45, 2.75) is 39.3 Å². The summed E-state index contributed by atoms with van der Waals surface area (Å²) in [6.07, 6.45) is 2.65. The average molecular weight is 294 g/mol. The number of hydrogen-bond acceptors (Lipinski definition) is 3. The first-order valence-electron chi connectivity index (χ1n) is 7.86. The standard InChI is InChI=1S/C17H27FN2O/c1-13(2)20(12-14-4-5-14)17-7-6-16(18)10-15(17)11-19-8-9-21-3/h6-7,10,13-14,19H,4-5,8-9,11-12H2,1-3H3. The number of rotatable bonds is 9. The van der Waals surface area contributed by atoms with E-state index in [0.29, 0.717) is 19.2 Å². The Morgan fingerprint density at radius 3 is 2.76 bits per heavy atom. The van der Waals surface area contributed by atoms with Gasteiger partial charge in [-0.1, -0.05) is 0 Å². The maximum Gasteiger partial charge on any atom is 0.123 e. The summed E-state index contributed by atoms with van der Waals surface area (Å²) in [6, 6.07) is 5.56. The first kappa shape index (κ1) is 16.2. The molecule has 1 saturated carbocycles. The molecule has 0 atom stereocenters. The van der Waals surface area contributed by atoms with Crippen molar-refractivity contribution >= 4 is 5.69 Å². The van der Waals surface area contributed by atoms with Crippen molar-refractivity contribution in [2.24, 2.45) is 5.92 Å². The van der Waals surface area contributed by atoms with Crippen LogP contribution in [0.25, 0.3) is 0 Å². The molecule has 0 saturated heterocycles. The van der Waals surface area contributed by atoms with Gasteiger partial charge in [-0.15, -0.1) is 0 Å². The molecule has 0 unspecified atom stereocenters. The maximum absolute atomic E-state index is 13.6. The molecule has 118 valence electrons. The highest BCUT2D eigenvalue weighted by Gasteiger charge is 2.26. The van der Waals surface area contributed by atoms with Crippen molar-refractivity contribution in [3.05, 3.63) is 29.6 Å². The molecule has 1 aromatic rings. The van der Waals surface area contributed by atoms with E-state index in [0.717, 1.165) is 30.3 Å². The van der Waals surface area contributed by atoms with Crippen LogP contribution in [-0.4, -0.2) is 32.8 Å². The number of benzene rings is 1. The lowest BCUT2D eigenvalue weighted by Crippen LogP contribution is -2.34. The van der Waals surface area contributed by atoms with Crippen molar-refractivity contribution in [3.63, 3.8) is 0 Å². The number of halogens is 1. The van der Waals surface area contributed by atoms with Crippen LogP contribution in [0.1, 0.15) is 32.3 Å². The van der Waals surface area contributed by atoms with Gasteiger partial charge in [-0.3, -0.25) is 0 Å². The second-order valence-corrected chi connectivity index (χ2v) is 6.13. The number of nitrogens with one attached hydrogen (secondary N) is 1. The summed E-state index contributed by atoms with van der Waals surface area (Å²) in [7, 11) is 1.69. The van der Waals surface area contributed by atoms with E-state index >= 15 is 0 Å². The lowest BCUT2D eigenvalue weighted by atomic mass is 10.1. The summed E-state index contributed by atoms with van der Waals surface area (Å²) < 4.78 is 18.6. The van der Waals surface area contributed by atoms with Crippen LogP contribution in [0, 0.1) is 11.7 Å². The number of hydrogen-bond donors (Lipinski definition) is 1. The van der Waals surface area contributed by atoms with Gasteiger partial charge in [0.1, 0.15) is 5.82 Å². The van der Waals surface area contributed by atoms with E-state index in [2.05, 4.69) is 24.1 Å². The zero-order valence-electron chi connectivity index (χ0n) is 13.4. The Hall–Kier alpha value is -1.13. The van der Waals surface area contributed by atoms with Crippen LogP contribution >= 0.6 is 0 Å². The zero-order valence-corrected chi connectivity index (χ0v) is 13.4. The van der Waals surface area contributed by atoms with Crippen LogP contribution < -0.4 is 10.2 Å². The fraction of sp³-hybridized carbons (Fsp3) is 0.647. The van der Waals surface area contributed by atoms with Gasteiger partial charge < -0.3 is 15.0 Å². The molecule has 1 aliphatic carbocycles. The van der Waals surface area contributed by atoms with E-state index in [9.17, 15) is 4.39 Å². The van der Waals surface area contributed by atoms with Gasteiger partial charge in [0.2, 0.25) is 0 Å². The van der Waals surface area contributed by atoms with E-state index in [1.54, 1.807) is 19.2 Å². The summed E-state index contributed by atoms with van der Waals surface area (Å²) >= 11 is 0. The van der Waals surface area contributed by atoms with Gasteiger partial charge in [-0.05, 0) is 56.4 Å². The van der Waals surface area contributed by atoms with Gasteiger partial charge >= 0.3 is 0 Å². The third-order valence-electron chi connectivity index (χ3n) is 3.92. The number of nitrogens with zero attached hydrogens (tertiary/aromatic N) is 1. The summed E-state index contributed by atoms with van der Waals surface area (Å²) in [5, 5.41) is 3.31. The molecule has 1 fully saturated rings. The third kappa shape index (κ3) is 4.97. The molecule has 0 spiro atoms. The molecule has 3 nitrogen and oxygen atoms in total. The molecule has 21 heavy (non-hydrogen) atoms. The lowest BCUT2D eigenvalue weighted by Gasteiger charge is -2.31. The van der Waals surface area contributed by atoms with Gasteiger partial charge in [0.15, 0.2) is 0 Å². The highest BCUT2D eigenvalue weighted by Crippen LogP contribution is 2.33. The summed E-state index contributed by atoms with van der Waals surface area (Å²) in [5.41, 5.74) is 2.18. The predicted molar refractivity (Wildman–Crippen MR) is 85.2 cm³/mol. The topological polar surface area (TPSA) is 24.5 Å². The number of methoxy groups -OCH3 is 1. The van der Waals surface area contributed by atoms with E-state index in [-0.39, 0.29) is 5.82 Å². The Morgan fingerprint density at radius 1 is 1.38 bits per heavy atom. The molecule has 1 aromatic carbocycles. The summed E-state index contributed by atoms with van der Waals surface area (Å²) in [5.74, 6) is 0.643. The fourth-order valence-electron chi connectivity index (χ4n) is 2.54. The minimum atomic E-state index is -0.169.